The van der Waals surface area contributed by atoms with Crippen molar-refractivity contribution in [3.63, 3.8) is 0 Å². The van der Waals surface area contributed by atoms with Crippen molar-refractivity contribution in [2.45, 2.75) is 22.9 Å². The fourth-order valence-electron chi connectivity index (χ4n) is 2.67. The molecule has 0 aliphatic heterocycles. The number of halogens is 3. The Morgan fingerprint density at radius 1 is 1.20 bits per heavy atom. The summed E-state index contributed by atoms with van der Waals surface area (Å²) in [7, 11) is 1.81. The minimum atomic E-state index is -4.40. The van der Waals surface area contributed by atoms with Crippen LogP contribution in [0.4, 0.5) is 13.2 Å². The maximum absolute atomic E-state index is 13.2. The van der Waals surface area contributed by atoms with Crippen LogP contribution in [-0.4, -0.2) is 26.5 Å². The van der Waals surface area contributed by atoms with E-state index in [4.69, 9.17) is 0 Å². The summed E-state index contributed by atoms with van der Waals surface area (Å²) in [6, 6.07) is 6.08. The van der Waals surface area contributed by atoms with E-state index in [0.29, 0.717) is 27.4 Å². The Kier molecular flexibility index (Phi) is 5.02. The number of thioether (sulfide) groups is 2. The van der Waals surface area contributed by atoms with Crippen LogP contribution in [-0.2, 0) is 13.2 Å². The Hall–Kier alpha value is -1.67. The highest BCUT2D eigenvalue weighted by Crippen LogP contribution is 2.38. The van der Waals surface area contributed by atoms with Gasteiger partial charge in [0.15, 0.2) is 5.82 Å². The molecule has 0 saturated heterocycles. The third kappa shape index (κ3) is 3.37. The monoisotopic (exact) mass is 383 g/mol. The molecular weight excluding hydrogens is 367 g/mol. The number of aryl methyl sites for hydroxylation is 1. The van der Waals surface area contributed by atoms with Crippen molar-refractivity contribution in [1.29, 1.82) is 0 Å². The van der Waals surface area contributed by atoms with Crippen LogP contribution < -0.4 is 0 Å². The van der Waals surface area contributed by atoms with Gasteiger partial charge in [0.05, 0.1) is 16.6 Å². The fraction of sp³-hybridized carbons (Fsp3) is 0.294. The Bertz CT molecular complexity index is 919. The highest BCUT2D eigenvalue weighted by Gasteiger charge is 2.32. The predicted octanol–water partition coefficient (Wildman–Crippen LogP) is 5.49. The van der Waals surface area contributed by atoms with Crippen LogP contribution in [0.25, 0.3) is 22.6 Å². The van der Waals surface area contributed by atoms with Crippen LogP contribution in [0.2, 0.25) is 0 Å². The maximum Gasteiger partial charge on any atom is 0.416 e. The number of nitrogens with zero attached hydrogens (tertiary/aromatic N) is 3. The van der Waals surface area contributed by atoms with Crippen LogP contribution in [0.1, 0.15) is 12.5 Å². The Morgan fingerprint density at radius 2 is 1.96 bits per heavy atom. The molecule has 0 bridgehead atoms. The number of hydrogen-bond acceptors (Lipinski definition) is 4. The van der Waals surface area contributed by atoms with E-state index in [9.17, 15) is 13.2 Å². The van der Waals surface area contributed by atoms with E-state index in [1.165, 1.54) is 17.8 Å². The first-order valence-corrected chi connectivity index (χ1v) is 9.77. The number of pyridine rings is 1. The summed E-state index contributed by atoms with van der Waals surface area (Å²) in [6.07, 6.45) is -0.962. The van der Waals surface area contributed by atoms with Crippen molar-refractivity contribution in [3.8, 4) is 11.5 Å². The first-order valence-electron chi connectivity index (χ1n) is 7.56. The summed E-state index contributed by atoms with van der Waals surface area (Å²) in [6.45, 7) is 2.04. The molecule has 3 rings (SSSR count). The smallest absolute Gasteiger partial charge is 0.325 e. The van der Waals surface area contributed by atoms with Gasteiger partial charge >= 0.3 is 6.18 Å². The number of alkyl halides is 3. The van der Waals surface area contributed by atoms with Gasteiger partial charge in [-0.3, -0.25) is 4.98 Å². The highest BCUT2D eigenvalue weighted by molar-refractivity contribution is 7.99. The van der Waals surface area contributed by atoms with E-state index in [0.717, 1.165) is 16.7 Å². The van der Waals surface area contributed by atoms with E-state index in [-0.39, 0.29) is 0 Å². The number of aromatic nitrogens is 3. The molecule has 0 N–H and O–H groups in total. The van der Waals surface area contributed by atoms with Crippen molar-refractivity contribution in [2.24, 2.45) is 7.05 Å². The van der Waals surface area contributed by atoms with Gasteiger partial charge in [0.2, 0.25) is 0 Å². The lowest BCUT2D eigenvalue weighted by Crippen LogP contribution is -2.05. The minimum absolute atomic E-state index is 0.328. The van der Waals surface area contributed by atoms with Crippen LogP contribution in [0, 0.1) is 0 Å². The zero-order valence-corrected chi connectivity index (χ0v) is 15.5. The first-order chi connectivity index (χ1) is 11.9. The fourth-order valence-corrected chi connectivity index (χ4v) is 4.12. The predicted molar refractivity (Wildman–Crippen MR) is 97.1 cm³/mol. The summed E-state index contributed by atoms with van der Waals surface area (Å²) in [4.78, 5) is 10.4. The van der Waals surface area contributed by atoms with Gasteiger partial charge in [-0.1, -0.05) is 6.92 Å². The third-order valence-electron chi connectivity index (χ3n) is 3.76. The van der Waals surface area contributed by atoms with E-state index >= 15 is 0 Å². The molecule has 3 nitrogen and oxygen atoms in total. The lowest BCUT2D eigenvalue weighted by molar-refractivity contribution is -0.137. The molecule has 0 saturated carbocycles. The van der Waals surface area contributed by atoms with Gasteiger partial charge in [-0.2, -0.15) is 13.2 Å². The van der Waals surface area contributed by atoms with Gasteiger partial charge < -0.3 is 4.57 Å². The largest absolute Gasteiger partial charge is 0.416 e. The lowest BCUT2D eigenvalue weighted by Gasteiger charge is -2.10. The SMILES string of the molecule is CCSc1cccnc1-c1nc2cc(C(F)(F)F)cc(SC)c2n1C. The molecule has 2 heterocycles. The second-order valence-corrected chi connectivity index (χ2v) is 7.48. The molecular formula is C17H16F3N3S2. The molecule has 0 amide bonds. The number of fused-ring (bicyclic) bond motifs is 1. The summed E-state index contributed by atoms with van der Waals surface area (Å²) < 4.78 is 41.3. The average Bonchev–Trinajstić information content (AvgIpc) is 2.91. The van der Waals surface area contributed by atoms with Crippen molar-refractivity contribution in [2.75, 3.05) is 12.0 Å². The zero-order valence-electron chi connectivity index (χ0n) is 13.9. The maximum atomic E-state index is 13.2. The summed E-state index contributed by atoms with van der Waals surface area (Å²) >= 11 is 2.91. The topological polar surface area (TPSA) is 30.7 Å². The Labute approximate surface area is 152 Å². The van der Waals surface area contributed by atoms with E-state index in [2.05, 4.69) is 9.97 Å². The quantitative estimate of drug-likeness (QED) is 0.558. The first kappa shape index (κ1) is 18.1. The van der Waals surface area contributed by atoms with E-state index in [1.807, 2.05) is 30.7 Å². The average molecular weight is 383 g/mol. The number of rotatable bonds is 4. The van der Waals surface area contributed by atoms with Gasteiger partial charge in [-0.05, 0) is 36.3 Å². The second kappa shape index (κ2) is 6.92. The summed E-state index contributed by atoms with van der Waals surface area (Å²) in [5, 5.41) is 0. The molecule has 2 aromatic heterocycles. The summed E-state index contributed by atoms with van der Waals surface area (Å²) in [5.74, 6) is 1.44. The van der Waals surface area contributed by atoms with Gasteiger partial charge in [0, 0.05) is 23.0 Å². The lowest BCUT2D eigenvalue weighted by atomic mass is 10.2. The van der Waals surface area contributed by atoms with Gasteiger partial charge in [0.25, 0.3) is 0 Å². The van der Waals surface area contributed by atoms with Crippen LogP contribution in [0.5, 0.6) is 0 Å². The van der Waals surface area contributed by atoms with Gasteiger partial charge in [-0.15, -0.1) is 23.5 Å². The molecule has 25 heavy (non-hydrogen) atoms. The minimum Gasteiger partial charge on any atom is -0.325 e. The molecule has 1 aromatic carbocycles. The number of benzene rings is 1. The molecule has 8 heteroatoms. The molecule has 0 fully saturated rings. The van der Waals surface area contributed by atoms with Gasteiger partial charge in [-0.25, -0.2) is 4.98 Å². The molecule has 0 aliphatic rings. The van der Waals surface area contributed by atoms with E-state index < -0.39 is 11.7 Å². The van der Waals surface area contributed by atoms with Crippen molar-refractivity contribution in [3.05, 3.63) is 36.0 Å². The Morgan fingerprint density at radius 3 is 2.60 bits per heavy atom. The van der Waals surface area contributed by atoms with Crippen molar-refractivity contribution < 1.29 is 13.2 Å². The van der Waals surface area contributed by atoms with Crippen molar-refractivity contribution >= 4 is 34.6 Å². The Balaban J connectivity index is 2.27. The van der Waals surface area contributed by atoms with Crippen LogP contribution in [0.3, 0.4) is 0 Å². The molecule has 0 atom stereocenters. The zero-order chi connectivity index (χ0) is 18.2. The van der Waals surface area contributed by atoms with Crippen LogP contribution >= 0.6 is 23.5 Å². The van der Waals surface area contributed by atoms with Gasteiger partial charge in [0.1, 0.15) is 5.69 Å². The van der Waals surface area contributed by atoms with Crippen LogP contribution in [0.15, 0.2) is 40.3 Å². The molecule has 3 aromatic rings. The molecule has 0 radical (unpaired) electrons. The third-order valence-corrected chi connectivity index (χ3v) is 5.44. The molecule has 132 valence electrons. The highest BCUT2D eigenvalue weighted by atomic mass is 32.2. The number of hydrogen-bond donors (Lipinski definition) is 0. The standard InChI is InChI=1S/C17H16F3N3S2/c1-4-25-12-6-5-7-21-14(12)16-22-11-8-10(17(18,19)20)9-13(24-3)15(11)23(16)2/h5-9H,4H2,1-3H3. The normalized spacial score (nSPS) is 12.1. The second-order valence-electron chi connectivity index (χ2n) is 5.32. The number of imidazole rings is 1. The van der Waals surface area contributed by atoms with E-state index in [1.54, 1.807) is 24.2 Å². The molecule has 0 unspecified atom stereocenters. The molecule has 0 aliphatic carbocycles. The molecule has 0 spiro atoms. The van der Waals surface area contributed by atoms with Crippen molar-refractivity contribution in [1.82, 2.24) is 14.5 Å². The summed E-state index contributed by atoms with van der Waals surface area (Å²) in [5.41, 5.74) is 1.02.